The molecule has 0 N–H and O–H groups in total. The maximum Gasteiger partial charge on any atom is 0.338 e. The first-order valence-corrected chi connectivity index (χ1v) is 16.3. The van der Waals surface area contributed by atoms with Gasteiger partial charge in [-0.3, -0.25) is 9.36 Å². The highest BCUT2D eigenvalue weighted by Crippen LogP contribution is 2.36. The highest BCUT2D eigenvalue weighted by molar-refractivity contribution is 7.07. The third kappa shape index (κ3) is 6.23. The van der Waals surface area contributed by atoms with Crippen LogP contribution >= 0.6 is 22.9 Å². The minimum atomic E-state index is -0.797. The lowest BCUT2D eigenvalue weighted by Gasteiger charge is -2.26. The molecule has 1 aliphatic rings. The number of nitrogens with zero attached hydrogens (tertiary/aromatic N) is 2. The molecule has 0 saturated heterocycles. The summed E-state index contributed by atoms with van der Waals surface area (Å²) in [6.45, 7) is 7.89. The molecule has 0 spiro atoms. The molecule has 0 saturated carbocycles. The molecule has 234 valence electrons. The number of halogens is 1. The quantitative estimate of drug-likeness (QED) is 0.161. The summed E-state index contributed by atoms with van der Waals surface area (Å²) in [5, 5.41) is 2.76. The first kappa shape index (κ1) is 31.3. The van der Waals surface area contributed by atoms with Crippen LogP contribution in [0.15, 0.2) is 106 Å². The second-order valence-corrected chi connectivity index (χ2v) is 12.6. The van der Waals surface area contributed by atoms with Gasteiger partial charge in [0.1, 0.15) is 24.1 Å². The van der Waals surface area contributed by atoms with E-state index in [1.807, 2.05) is 68.4 Å². The van der Waals surface area contributed by atoms with Crippen LogP contribution in [-0.4, -0.2) is 23.2 Å². The molecule has 0 fully saturated rings. The number of esters is 1. The van der Waals surface area contributed by atoms with Gasteiger partial charge in [-0.15, -0.1) is 0 Å². The third-order valence-electron chi connectivity index (χ3n) is 7.61. The van der Waals surface area contributed by atoms with Crippen LogP contribution in [0.4, 0.5) is 0 Å². The molecular weight excluding hydrogens is 620 g/mol. The summed E-state index contributed by atoms with van der Waals surface area (Å²) in [4.78, 5) is 32.8. The standard InChI is InChI=1S/C37H33ClN2O5S/c1-5-43-36(42)33-23(4)39-37-40(34(33)29-15-8-9-16-31(29)45-22(2)3)35(41)32(46-37)20-26-19-27(38)17-18-30(26)44-21-25-13-10-12-24-11-6-7-14-28(24)25/h6-20,22,34H,5,21H2,1-4H3/b32-20-/t34-/m0/s1. The SMILES string of the molecule is CCOC(=O)C1=C(C)N=c2s/c(=C\c3cc(Cl)ccc3OCc3cccc4ccccc34)c(=O)n2[C@H]1c1ccccc1OC(C)C. The zero-order valence-electron chi connectivity index (χ0n) is 26.0. The van der Waals surface area contributed by atoms with Gasteiger partial charge in [0.2, 0.25) is 0 Å². The molecule has 1 aromatic heterocycles. The van der Waals surface area contributed by atoms with Crippen LogP contribution in [0.2, 0.25) is 5.02 Å². The van der Waals surface area contributed by atoms with Crippen LogP contribution in [0.25, 0.3) is 16.8 Å². The predicted molar refractivity (Wildman–Crippen MR) is 182 cm³/mol. The first-order valence-electron chi connectivity index (χ1n) is 15.1. The Kier molecular flexibility index (Phi) is 9.10. The van der Waals surface area contributed by atoms with Gasteiger partial charge < -0.3 is 14.2 Å². The van der Waals surface area contributed by atoms with Crippen LogP contribution < -0.4 is 24.4 Å². The number of carbonyl (C=O) groups excluding carboxylic acids is 1. The summed E-state index contributed by atoms with van der Waals surface area (Å²) >= 11 is 7.68. The van der Waals surface area contributed by atoms with Crippen molar-refractivity contribution < 1.29 is 19.0 Å². The minimum absolute atomic E-state index is 0.122. The Hall–Kier alpha value is -4.66. The smallest absolute Gasteiger partial charge is 0.338 e. The van der Waals surface area contributed by atoms with Crippen molar-refractivity contribution in [1.82, 2.24) is 4.57 Å². The van der Waals surface area contributed by atoms with E-state index in [9.17, 15) is 9.59 Å². The van der Waals surface area contributed by atoms with Gasteiger partial charge in [0.15, 0.2) is 4.80 Å². The Labute approximate surface area is 275 Å². The van der Waals surface area contributed by atoms with E-state index in [4.69, 9.17) is 30.8 Å². The second-order valence-electron chi connectivity index (χ2n) is 11.1. The maximum absolute atomic E-state index is 14.3. The van der Waals surface area contributed by atoms with Crippen molar-refractivity contribution in [2.75, 3.05) is 6.61 Å². The fourth-order valence-electron chi connectivity index (χ4n) is 5.63. The average Bonchev–Trinajstić information content (AvgIpc) is 3.33. The normalized spacial score (nSPS) is 14.7. The Morgan fingerprint density at radius 2 is 1.78 bits per heavy atom. The van der Waals surface area contributed by atoms with Crippen molar-refractivity contribution in [3.8, 4) is 11.5 Å². The number of allylic oxidation sites excluding steroid dienone is 1. The van der Waals surface area contributed by atoms with E-state index in [2.05, 4.69) is 18.2 Å². The molecule has 7 nitrogen and oxygen atoms in total. The topological polar surface area (TPSA) is 79.1 Å². The Morgan fingerprint density at radius 3 is 2.59 bits per heavy atom. The third-order valence-corrected chi connectivity index (χ3v) is 8.83. The van der Waals surface area contributed by atoms with E-state index in [0.717, 1.165) is 16.3 Å². The highest BCUT2D eigenvalue weighted by atomic mass is 35.5. The van der Waals surface area contributed by atoms with E-state index in [1.54, 1.807) is 36.6 Å². The van der Waals surface area contributed by atoms with Gasteiger partial charge in [-0.25, -0.2) is 9.79 Å². The molecule has 6 rings (SSSR count). The molecular formula is C37H33ClN2O5S. The number of fused-ring (bicyclic) bond motifs is 2. The summed E-state index contributed by atoms with van der Waals surface area (Å²) in [6, 6.07) is 26.3. The summed E-state index contributed by atoms with van der Waals surface area (Å²) in [5.74, 6) is 0.632. The zero-order valence-corrected chi connectivity index (χ0v) is 27.5. The molecule has 0 amide bonds. The molecule has 0 bridgehead atoms. The summed E-state index contributed by atoms with van der Waals surface area (Å²) in [7, 11) is 0. The minimum Gasteiger partial charge on any atom is -0.491 e. The molecule has 9 heteroatoms. The summed E-state index contributed by atoms with van der Waals surface area (Å²) in [6.07, 6.45) is 1.65. The van der Waals surface area contributed by atoms with Gasteiger partial charge >= 0.3 is 5.97 Å². The lowest BCUT2D eigenvalue weighted by Crippen LogP contribution is -2.40. The van der Waals surface area contributed by atoms with E-state index in [0.29, 0.717) is 54.9 Å². The summed E-state index contributed by atoms with van der Waals surface area (Å²) < 4.78 is 19.9. The Bertz CT molecular complexity index is 2160. The lowest BCUT2D eigenvalue weighted by molar-refractivity contribution is -0.139. The van der Waals surface area contributed by atoms with Gasteiger partial charge in [0.05, 0.1) is 28.5 Å². The second kappa shape index (κ2) is 13.4. The van der Waals surface area contributed by atoms with E-state index in [-0.39, 0.29) is 18.3 Å². The number of rotatable bonds is 9. The van der Waals surface area contributed by atoms with Crippen molar-refractivity contribution in [2.24, 2.45) is 4.99 Å². The molecule has 2 heterocycles. The summed E-state index contributed by atoms with van der Waals surface area (Å²) in [5.41, 5.74) is 2.84. The van der Waals surface area contributed by atoms with E-state index in [1.165, 1.54) is 11.3 Å². The van der Waals surface area contributed by atoms with Crippen LogP contribution in [0.5, 0.6) is 11.5 Å². The van der Waals surface area contributed by atoms with Gasteiger partial charge in [0, 0.05) is 16.1 Å². The van der Waals surface area contributed by atoms with Crippen molar-refractivity contribution in [1.29, 1.82) is 0 Å². The molecule has 1 atom stereocenters. The van der Waals surface area contributed by atoms with E-state index < -0.39 is 12.0 Å². The zero-order chi connectivity index (χ0) is 32.4. The van der Waals surface area contributed by atoms with Crippen molar-refractivity contribution in [3.05, 3.63) is 138 Å². The Morgan fingerprint density at radius 1 is 1.02 bits per heavy atom. The largest absolute Gasteiger partial charge is 0.491 e. The number of para-hydroxylation sites is 1. The van der Waals surface area contributed by atoms with Crippen molar-refractivity contribution >= 4 is 45.8 Å². The van der Waals surface area contributed by atoms with Crippen LogP contribution in [-0.2, 0) is 16.1 Å². The fraction of sp³-hybridized carbons (Fsp3) is 0.216. The number of carbonyl (C=O) groups is 1. The maximum atomic E-state index is 14.3. The lowest BCUT2D eigenvalue weighted by atomic mass is 9.95. The van der Waals surface area contributed by atoms with Gasteiger partial charge in [0.25, 0.3) is 5.56 Å². The fourth-order valence-corrected chi connectivity index (χ4v) is 6.85. The van der Waals surface area contributed by atoms with Gasteiger partial charge in [-0.1, -0.05) is 83.6 Å². The molecule has 5 aromatic rings. The molecule has 0 radical (unpaired) electrons. The predicted octanol–water partition coefficient (Wildman–Crippen LogP) is 6.97. The number of hydrogen-bond acceptors (Lipinski definition) is 7. The van der Waals surface area contributed by atoms with Gasteiger partial charge in [-0.2, -0.15) is 0 Å². The van der Waals surface area contributed by atoms with E-state index >= 15 is 0 Å². The molecule has 0 aliphatic carbocycles. The van der Waals surface area contributed by atoms with Crippen molar-refractivity contribution in [3.63, 3.8) is 0 Å². The number of aromatic nitrogens is 1. The number of hydrogen-bond donors (Lipinski definition) is 0. The van der Waals surface area contributed by atoms with Crippen molar-refractivity contribution in [2.45, 2.75) is 46.4 Å². The molecule has 0 unspecified atom stereocenters. The molecule has 4 aromatic carbocycles. The van der Waals surface area contributed by atoms with Crippen LogP contribution in [0, 0.1) is 0 Å². The highest BCUT2D eigenvalue weighted by Gasteiger charge is 2.35. The molecule has 46 heavy (non-hydrogen) atoms. The number of ether oxygens (including phenoxy) is 3. The monoisotopic (exact) mass is 652 g/mol. The molecule has 1 aliphatic heterocycles. The van der Waals surface area contributed by atoms with Crippen LogP contribution in [0.3, 0.4) is 0 Å². The number of benzene rings is 4. The van der Waals surface area contributed by atoms with Crippen LogP contribution in [0.1, 0.15) is 50.4 Å². The first-order chi connectivity index (χ1) is 22.2. The Balaban J connectivity index is 1.46. The average molecular weight is 653 g/mol. The van der Waals surface area contributed by atoms with Gasteiger partial charge in [-0.05, 0) is 74.4 Å². The number of thiazole rings is 1.